The Kier molecular flexibility index (Phi) is 4.67. The average Bonchev–Trinajstić information content (AvgIpc) is 2.32. The summed E-state index contributed by atoms with van der Waals surface area (Å²) in [5.41, 5.74) is 0. The van der Waals surface area contributed by atoms with Crippen LogP contribution in [0.2, 0.25) is 0 Å². The van der Waals surface area contributed by atoms with Crippen molar-refractivity contribution in [2.75, 3.05) is 0 Å². The molecule has 98 valence electrons. The van der Waals surface area contributed by atoms with Crippen LogP contribution < -0.4 is 0 Å². The third-order valence-corrected chi connectivity index (χ3v) is 5.63. The molecule has 3 nitrogen and oxygen atoms in total. The van der Waals surface area contributed by atoms with Crippen LogP contribution in [0, 0.1) is 11.8 Å². The monoisotopic (exact) mass is 329 g/mol. The van der Waals surface area contributed by atoms with Crippen molar-refractivity contribution >= 4 is 33.7 Å². The Bertz CT molecular complexity index is 441. The first-order valence-corrected chi connectivity index (χ1v) is 7.75. The molecule has 1 N–H and O–H groups in total. The van der Waals surface area contributed by atoms with Gasteiger partial charge in [0.15, 0.2) is 0 Å². The van der Waals surface area contributed by atoms with E-state index in [9.17, 15) is 9.90 Å². The minimum Gasteiger partial charge on any atom is -0.481 e. The number of pyridine rings is 1. The van der Waals surface area contributed by atoms with Crippen LogP contribution in [0.4, 0.5) is 0 Å². The van der Waals surface area contributed by atoms with Gasteiger partial charge in [0.25, 0.3) is 0 Å². The van der Waals surface area contributed by atoms with E-state index in [-0.39, 0.29) is 11.2 Å². The lowest BCUT2D eigenvalue weighted by molar-refractivity contribution is -0.142. The number of carboxylic acid groups (broad SMARTS) is 1. The van der Waals surface area contributed by atoms with E-state index in [4.69, 9.17) is 0 Å². The predicted molar refractivity (Wildman–Crippen MR) is 75.7 cm³/mol. The van der Waals surface area contributed by atoms with Gasteiger partial charge in [-0.2, -0.15) is 0 Å². The molecular formula is C13H16BrNO2S. The zero-order chi connectivity index (χ0) is 13.1. The lowest BCUT2D eigenvalue weighted by Gasteiger charge is -2.31. The summed E-state index contributed by atoms with van der Waals surface area (Å²) in [5.74, 6) is -0.327. The third-order valence-electron chi connectivity index (χ3n) is 3.36. The SMILES string of the molecule is CC1CCC(C(=O)O)C(Sc2ncccc2Br)C1. The molecule has 0 aromatic carbocycles. The van der Waals surface area contributed by atoms with E-state index in [0.29, 0.717) is 5.92 Å². The van der Waals surface area contributed by atoms with Crippen molar-refractivity contribution in [2.24, 2.45) is 11.8 Å². The van der Waals surface area contributed by atoms with Crippen molar-refractivity contribution in [3.05, 3.63) is 22.8 Å². The number of thioether (sulfide) groups is 1. The number of halogens is 1. The van der Waals surface area contributed by atoms with E-state index < -0.39 is 5.97 Å². The average molecular weight is 330 g/mol. The van der Waals surface area contributed by atoms with E-state index in [1.165, 1.54) is 0 Å². The number of nitrogens with zero attached hydrogens (tertiary/aromatic N) is 1. The van der Waals surface area contributed by atoms with Gasteiger partial charge < -0.3 is 5.11 Å². The van der Waals surface area contributed by atoms with E-state index in [1.54, 1.807) is 18.0 Å². The molecule has 2 rings (SSSR count). The summed E-state index contributed by atoms with van der Waals surface area (Å²) in [7, 11) is 0. The smallest absolute Gasteiger partial charge is 0.307 e. The first-order chi connectivity index (χ1) is 8.58. The third kappa shape index (κ3) is 3.26. The maximum atomic E-state index is 11.3. The fourth-order valence-electron chi connectivity index (χ4n) is 2.34. The molecule has 5 heteroatoms. The predicted octanol–water partition coefficient (Wildman–Crippen LogP) is 3.83. The molecule has 1 aromatic heterocycles. The zero-order valence-corrected chi connectivity index (χ0v) is 12.6. The van der Waals surface area contributed by atoms with Crippen molar-refractivity contribution in [1.29, 1.82) is 0 Å². The van der Waals surface area contributed by atoms with Crippen LogP contribution >= 0.6 is 27.7 Å². The molecular weight excluding hydrogens is 314 g/mol. The molecule has 18 heavy (non-hydrogen) atoms. The maximum Gasteiger partial charge on any atom is 0.307 e. The summed E-state index contributed by atoms with van der Waals surface area (Å²) in [6, 6.07) is 3.81. The molecule has 0 saturated heterocycles. The highest BCUT2D eigenvalue weighted by atomic mass is 79.9. The molecule has 0 amide bonds. The Morgan fingerprint density at radius 2 is 2.33 bits per heavy atom. The number of rotatable bonds is 3. The van der Waals surface area contributed by atoms with Gasteiger partial charge in [0.05, 0.1) is 5.92 Å². The number of aliphatic carboxylic acids is 1. The van der Waals surface area contributed by atoms with Gasteiger partial charge in [0.1, 0.15) is 5.03 Å². The summed E-state index contributed by atoms with van der Waals surface area (Å²) >= 11 is 5.06. The molecule has 3 unspecified atom stereocenters. The highest BCUT2D eigenvalue weighted by molar-refractivity contribution is 9.10. The Balaban J connectivity index is 2.14. The van der Waals surface area contributed by atoms with Crippen LogP contribution in [0.5, 0.6) is 0 Å². The van der Waals surface area contributed by atoms with E-state index >= 15 is 0 Å². The Morgan fingerprint density at radius 1 is 1.56 bits per heavy atom. The summed E-state index contributed by atoms with van der Waals surface area (Å²) < 4.78 is 0.942. The first kappa shape index (κ1) is 13.9. The van der Waals surface area contributed by atoms with Crippen molar-refractivity contribution in [1.82, 2.24) is 4.98 Å². The van der Waals surface area contributed by atoms with E-state index in [0.717, 1.165) is 28.8 Å². The summed E-state index contributed by atoms with van der Waals surface area (Å²) in [5, 5.41) is 10.3. The summed E-state index contributed by atoms with van der Waals surface area (Å²) in [6.45, 7) is 2.19. The topological polar surface area (TPSA) is 50.2 Å². The zero-order valence-electron chi connectivity index (χ0n) is 10.2. The second-order valence-corrected chi connectivity index (χ2v) is 6.89. The quantitative estimate of drug-likeness (QED) is 0.915. The lowest BCUT2D eigenvalue weighted by Crippen LogP contribution is -2.32. The van der Waals surface area contributed by atoms with Gasteiger partial charge in [-0.1, -0.05) is 6.92 Å². The van der Waals surface area contributed by atoms with Gasteiger partial charge >= 0.3 is 5.97 Å². The van der Waals surface area contributed by atoms with Crippen molar-refractivity contribution < 1.29 is 9.90 Å². The number of carbonyl (C=O) groups is 1. The molecule has 1 heterocycles. The molecule has 3 atom stereocenters. The summed E-state index contributed by atoms with van der Waals surface area (Å²) in [6.07, 6.45) is 4.48. The highest BCUT2D eigenvalue weighted by Crippen LogP contribution is 2.41. The maximum absolute atomic E-state index is 11.3. The van der Waals surface area contributed by atoms with Gasteiger partial charge in [0.2, 0.25) is 0 Å². The highest BCUT2D eigenvalue weighted by Gasteiger charge is 2.34. The van der Waals surface area contributed by atoms with Crippen LogP contribution in [0.25, 0.3) is 0 Å². The summed E-state index contributed by atoms with van der Waals surface area (Å²) in [4.78, 5) is 15.6. The number of hydrogen-bond acceptors (Lipinski definition) is 3. The number of aromatic nitrogens is 1. The number of hydrogen-bond donors (Lipinski definition) is 1. The van der Waals surface area contributed by atoms with Gasteiger partial charge in [0, 0.05) is 15.9 Å². The molecule has 1 fully saturated rings. The standard InChI is InChI=1S/C13H16BrNO2S/c1-8-4-5-9(13(16)17)11(7-8)18-12-10(14)3-2-6-15-12/h2-3,6,8-9,11H,4-5,7H2,1H3,(H,16,17). The molecule has 1 aliphatic rings. The van der Waals surface area contributed by atoms with Crippen LogP contribution in [0.15, 0.2) is 27.8 Å². The van der Waals surface area contributed by atoms with Crippen LogP contribution in [0.1, 0.15) is 26.2 Å². The van der Waals surface area contributed by atoms with Gasteiger partial charge in [-0.25, -0.2) is 4.98 Å². The van der Waals surface area contributed by atoms with Crippen LogP contribution in [-0.4, -0.2) is 21.3 Å². The van der Waals surface area contributed by atoms with Crippen LogP contribution in [0.3, 0.4) is 0 Å². The second kappa shape index (κ2) is 6.06. The lowest BCUT2D eigenvalue weighted by atomic mass is 9.82. The van der Waals surface area contributed by atoms with Crippen LogP contribution in [-0.2, 0) is 4.79 Å². The Hall–Kier alpha value is -0.550. The van der Waals surface area contributed by atoms with Crippen molar-refractivity contribution in [3.8, 4) is 0 Å². The van der Waals surface area contributed by atoms with Gasteiger partial charge in [-0.3, -0.25) is 4.79 Å². The first-order valence-electron chi connectivity index (χ1n) is 6.08. The Labute approximate surface area is 120 Å². The molecule has 1 aromatic rings. The number of carboxylic acids is 1. The molecule has 1 saturated carbocycles. The fourth-order valence-corrected chi connectivity index (χ4v) is 4.31. The molecule has 1 aliphatic carbocycles. The van der Waals surface area contributed by atoms with Gasteiger partial charge in [-0.05, 0) is 53.2 Å². The van der Waals surface area contributed by atoms with Crippen molar-refractivity contribution in [3.63, 3.8) is 0 Å². The molecule has 0 bridgehead atoms. The second-order valence-electron chi connectivity index (χ2n) is 4.81. The normalized spacial score (nSPS) is 28.0. The Morgan fingerprint density at radius 3 is 3.00 bits per heavy atom. The molecule has 0 radical (unpaired) electrons. The molecule has 0 spiro atoms. The van der Waals surface area contributed by atoms with Gasteiger partial charge in [-0.15, -0.1) is 11.8 Å². The largest absolute Gasteiger partial charge is 0.481 e. The van der Waals surface area contributed by atoms with Crippen molar-refractivity contribution in [2.45, 2.75) is 36.5 Å². The minimum absolute atomic E-state index is 0.123. The fraction of sp³-hybridized carbons (Fsp3) is 0.538. The minimum atomic E-state index is -0.675. The molecule has 0 aliphatic heterocycles. The van der Waals surface area contributed by atoms with E-state index in [2.05, 4.69) is 27.8 Å². The van der Waals surface area contributed by atoms with E-state index in [1.807, 2.05) is 12.1 Å².